The summed E-state index contributed by atoms with van der Waals surface area (Å²) in [5.41, 5.74) is 4.53. The number of amides is 1. The van der Waals surface area contributed by atoms with E-state index in [1.54, 1.807) is 23.7 Å². The lowest BCUT2D eigenvalue weighted by atomic mass is 10.2. The number of hydrogen-bond donors (Lipinski definition) is 1. The fourth-order valence-corrected chi connectivity index (χ4v) is 2.41. The SMILES string of the molecule is Cc1ccc(NC(=O)c2c(C)nn3c(C)cc(C)nc23)nc1. The van der Waals surface area contributed by atoms with E-state index in [9.17, 15) is 4.79 Å². The van der Waals surface area contributed by atoms with E-state index in [-0.39, 0.29) is 5.91 Å². The van der Waals surface area contributed by atoms with Crippen molar-refractivity contribution in [2.24, 2.45) is 0 Å². The van der Waals surface area contributed by atoms with E-state index in [4.69, 9.17) is 0 Å². The Morgan fingerprint density at radius 3 is 2.64 bits per heavy atom. The van der Waals surface area contributed by atoms with Gasteiger partial charge in [0.15, 0.2) is 5.65 Å². The molecule has 0 spiro atoms. The van der Waals surface area contributed by atoms with Crippen LogP contribution in [0.3, 0.4) is 0 Å². The summed E-state index contributed by atoms with van der Waals surface area (Å²) in [7, 11) is 0. The van der Waals surface area contributed by atoms with Crippen molar-refractivity contribution < 1.29 is 4.79 Å². The zero-order valence-electron chi connectivity index (χ0n) is 13.0. The Labute approximate surface area is 128 Å². The molecule has 0 aromatic carbocycles. The van der Waals surface area contributed by atoms with Gasteiger partial charge in [-0.05, 0) is 45.4 Å². The van der Waals surface area contributed by atoms with E-state index >= 15 is 0 Å². The van der Waals surface area contributed by atoms with Crippen LogP contribution in [0.4, 0.5) is 5.82 Å². The van der Waals surface area contributed by atoms with Gasteiger partial charge in [-0.15, -0.1) is 0 Å². The Bertz CT molecular complexity index is 864. The molecule has 112 valence electrons. The van der Waals surface area contributed by atoms with Gasteiger partial charge in [0.05, 0.1) is 5.69 Å². The predicted molar refractivity (Wildman–Crippen MR) is 84.1 cm³/mol. The second kappa shape index (κ2) is 5.22. The van der Waals surface area contributed by atoms with Gasteiger partial charge in [0.1, 0.15) is 11.4 Å². The number of carbonyl (C=O) groups excluding carboxylic acids is 1. The molecule has 0 saturated carbocycles. The van der Waals surface area contributed by atoms with E-state index in [1.165, 1.54) is 0 Å². The molecule has 0 atom stereocenters. The zero-order valence-corrected chi connectivity index (χ0v) is 13.0. The standard InChI is InChI=1S/C16H17N5O/c1-9-5-6-13(17-8-9)19-16(22)14-12(4)20-21-11(3)7-10(2)18-15(14)21/h5-8H,1-4H3,(H,17,19,22). The Hall–Kier alpha value is -2.76. The van der Waals surface area contributed by atoms with Gasteiger partial charge < -0.3 is 5.32 Å². The fourth-order valence-electron chi connectivity index (χ4n) is 2.41. The summed E-state index contributed by atoms with van der Waals surface area (Å²) in [6.45, 7) is 7.60. The Morgan fingerprint density at radius 2 is 1.95 bits per heavy atom. The predicted octanol–water partition coefficient (Wildman–Crippen LogP) is 2.61. The van der Waals surface area contributed by atoms with Crippen molar-refractivity contribution in [2.75, 3.05) is 5.32 Å². The van der Waals surface area contributed by atoms with E-state index < -0.39 is 0 Å². The molecule has 1 N–H and O–H groups in total. The Morgan fingerprint density at radius 1 is 1.18 bits per heavy atom. The molecule has 3 aromatic heterocycles. The highest BCUT2D eigenvalue weighted by Crippen LogP contribution is 2.17. The summed E-state index contributed by atoms with van der Waals surface area (Å²) < 4.78 is 1.69. The van der Waals surface area contributed by atoms with Crippen LogP contribution in [0.2, 0.25) is 0 Å². The number of nitrogens with zero attached hydrogens (tertiary/aromatic N) is 4. The van der Waals surface area contributed by atoms with Crippen molar-refractivity contribution >= 4 is 17.4 Å². The van der Waals surface area contributed by atoms with Crippen molar-refractivity contribution in [1.82, 2.24) is 19.6 Å². The molecule has 22 heavy (non-hydrogen) atoms. The number of nitrogens with one attached hydrogen (secondary N) is 1. The smallest absolute Gasteiger partial charge is 0.262 e. The van der Waals surface area contributed by atoms with Crippen molar-refractivity contribution in [2.45, 2.75) is 27.7 Å². The Kier molecular flexibility index (Phi) is 3.36. The molecule has 6 heteroatoms. The lowest BCUT2D eigenvalue weighted by Crippen LogP contribution is -2.14. The van der Waals surface area contributed by atoms with Gasteiger partial charge in [-0.2, -0.15) is 5.10 Å². The molecule has 0 aliphatic carbocycles. The second-order valence-electron chi connectivity index (χ2n) is 5.41. The summed E-state index contributed by atoms with van der Waals surface area (Å²) in [5, 5.41) is 7.20. The lowest BCUT2D eigenvalue weighted by molar-refractivity contribution is 0.102. The monoisotopic (exact) mass is 295 g/mol. The van der Waals surface area contributed by atoms with Gasteiger partial charge in [0, 0.05) is 17.6 Å². The average Bonchev–Trinajstić information content (AvgIpc) is 2.78. The molecule has 0 unspecified atom stereocenters. The van der Waals surface area contributed by atoms with Crippen LogP contribution in [0.5, 0.6) is 0 Å². The third-order valence-electron chi connectivity index (χ3n) is 3.45. The molecule has 0 aliphatic heterocycles. The van der Waals surface area contributed by atoms with Crippen molar-refractivity contribution in [3.63, 3.8) is 0 Å². The van der Waals surface area contributed by atoms with Gasteiger partial charge in [0.2, 0.25) is 0 Å². The number of carbonyl (C=O) groups is 1. The minimum atomic E-state index is -0.249. The number of rotatable bonds is 2. The van der Waals surface area contributed by atoms with Gasteiger partial charge >= 0.3 is 0 Å². The third kappa shape index (κ3) is 2.43. The van der Waals surface area contributed by atoms with E-state index in [0.29, 0.717) is 22.7 Å². The van der Waals surface area contributed by atoms with Crippen LogP contribution in [0.15, 0.2) is 24.4 Å². The lowest BCUT2D eigenvalue weighted by Gasteiger charge is -2.05. The summed E-state index contributed by atoms with van der Waals surface area (Å²) >= 11 is 0. The topological polar surface area (TPSA) is 72.2 Å². The van der Waals surface area contributed by atoms with Crippen LogP contribution in [-0.4, -0.2) is 25.5 Å². The van der Waals surface area contributed by atoms with Crippen LogP contribution in [-0.2, 0) is 0 Å². The number of fused-ring (bicyclic) bond motifs is 1. The molecular weight excluding hydrogens is 278 g/mol. The van der Waals surface area contributed by atoms with Crippen LogP contribution < -0.4 is 5.32 Å². The van der Waals surface area contributed by atoms with Crippen molar-refractivity contribution in [1.29, 1.82) is 0 Å². The first kappa shape index (κ1) is 14.2. The highest BCUT2D eigenvalue weighted by Gasteiger charge is 2.20. The number of hydrogen-bond acceptors (Lipinski definition) is 4. The molecule has 0 saturated heterocycles. The van der Waals surface area contributed by atoms with Crippen molar-refractivity contribution in [3.05, 3.63) is 52.6 Å². The maximum absolute atomic E-state index is 12.6. The summed E-state index contributed by atoms with van der Waals surface area (Å²) in [6.07, 6.45) is 1.71. The molecule has 0 bridgehead atoms. The minimum Gasteiger partial charge on any atom is -0.306 e. The molecule has 3 aromatic rings. The summed E-state index contributed by atoms with van der Waals surface area (Å²) in [5.74, 6) is 0.264. The van der Waals surface area contributed by atoms with Crippen LogP contribution >= 0.6 is 0 Å². The van der Waals surface area contributed by atoms with E-state index in [0.717, 1.165) is 17.0 Å². The highest BCUT2D eigenvalue weighted by atomic mass is 16.1. The highest BCUT2D eigenvalue weighted by molar-refractivity contribution is 6.08. The number of pyridine rings is 1. The normalized spacial score (nSPS) is 10.9. The molecule has 0 fully saturated rings. The van der Waals surface area contributed by atoms with Crippen LogP contribution in [0.25, 0.3) is 5.65 Å². The van der Waals surface area contributed by atoms with Gasteiger partial charge in [-0.3, -0.25) is 4.79 Å². The zero-order chi connectivity index (χ0) is 15.9. The minimum absolute atomic E-state index is 0.249. The number of aromatic nitrogens is 4. The quantitative estimate of drug-likeness (QED) is 0.788. The first-order valence-electron chi connectivity index (χ1n) is 7.03. The third-order valence-corrected chi connectivity index (χ3v) is 3.45. The van der Waals surface area contributed by atoms with Gasteiger partial charge in [0.25, 0.3) is 5.91 Å². The molecule has 6 nitrogen and oxygen atoms in total. The fraction of sp³-hybridized carbons (Fsp3) is 0.250. The molecule has 3 rings (SSSR count). The first-order valence-corrected chi connectivity index (χ1v) is 7.03. The van der Waals surface area contributed by atoms with Gasteiger partial charge in [-0.25, -0.2) is 14.5 Å². The Balaban J connectivity index is 2.03. The van der Waals surface area contributed by atoms with E-state index in [2.05, 4.69) is 20.4 Å². The molecule has 0 radical (unpaired) electrons. The molecule has 1 amide bonds. The first-order chi connectivity index (χ1) is 10.5. The average molecular weight is 295 g/mol. The largest absolute Gasteiger partial charge is 0.306 e. The van der Waals surface area contributed by atoms with Crippen LogP contribution in [0, 0.1) is 27.7 Å². The number of aryl methyl sites for hydroxylation is 4. The maximum Gasteiger partial charge on any atom is 0.262 e. The van der Waals surface area contributed by atoms with Gasteiger partial charge in [-0.1, -0.05) is 6.07 Å². The molecular formula is C16H17N5O. The van der Waals surface area contributed by atoms with Crippen molar-refractivity contribution in [3.8, 4) is 0 Å². The molecule has 3 heterocycles. The second-order valence-corrected chi connectivity index (χ2v) is 5.41. The summed E-state index contributed by atoms with van der Waals surface area (Å²) in [4.78, 5) is 21.2. The molecule has 0 aliphatic rings. The number of anilines is 1. The van der Waals surface area contributed by atoms with E-state index in [1.807, 2.05) is 32.9 Å². The van der Waals surface area contributed by atoms with Crippen LogP contribution in [0.1, 0.15) is 33.0 Å². The maximum atomic E-state index is 12.6. The summed E-state index contributed by atoms with van der Waals surface area (Å²) in [6, 6.07) is 5.61.